The summed E-state index contributed by atoms with van der Waals surface area (Å²) in [4.78, 5) is 26.6. The number of carbonyl (C=O) groups is 1. The van der Waals surface area contributed by atoms with Crippen molar-refractivity contribution in [2.24, 2.45) is 11.8 Å². The van der Waals surface area contributed by atoms with Crippen molar-refractivity contribution < 1.29 is 14.4 Å². The van der Waals surface area contributed by atoms with Crippen molar-refractivity contribution in [2.75, 3.05) is 18.0 Å². The number of aromatic nitrogens is 3. The number of amides is 1. The lowest BCUT2D eigenvalue weighted by Gasteiger charge is -2.20. The van der Waals surface area contributed by atoms with Gasteiger partial charge in [-0.1, -0.05) is 6.07 Å². The molecule has 2 unspecified atom stereocenters. The van der Waals surface area contributed by atoms with Crippen molar-refractivity contribution in [3.05, 3.63) is 59.8 Å². The van der Waals surface area contributed by atoms with Crippen LogP contribution < -0.4 is 15.7 Å². The second-order valence-electron chi connectivity index (χ2n) is 7.46. The van der Waals surface area contributed by atoms with Crippen molar-refractivity contribution in [3.8, 4) is 0 Å². The molecule has 1 saturated carbocycles. The summed E-state index contributed by atoms with van der Waals surface area (Å²) in [6.45, 7) is 2.29. The molecule has 1 aromatic carbocycles. The molecule has 0 spiro atoms. The summed E-state index contributed by atoms with van der Waals surface area (Å²) in [5, 5.41) is 13.1. The third kappa shape index (κ3) is 3.39. The van der Waals surface area contributed by atoms with Gasteiger partial charge in [0, 0.05) is 37.3 Å². The molecule has 9 heteroatoms. The molecule has 3 N–H and O–H groups in total. The van der Waals surface area contributed by atoms with Crippen molar-refractivity contribution in [1.29, 1.82) is 0 Å². The summed E-state index contributed by atoms with van der Waals surface area (Å²) in [6, 6.07) is 10.3. The van der Waals surface area contributed by atoms with E-state index in [-0.39, 0.29) is 11.5 Å². The number of nitrogens with one attached hydrogen (secondary N) is 2. The van der Waals surface area contributed by atoms with Crippen LogP contribution in [0.4, 0.5) is 10.3 Å². The van der Waals surface area contributed by atoms with Gasteiger partial charge in [-0.2, -0.15) is 0 Å². The fourth-order valence-corrected chi connectivity index (χ4v) is 4.14. The average molecular weight is 394 g/mol. The Morgan fingerprint density at radius 1 is 1.17 bits per heavy atom. The van der Waals surface area contributed by atoms with Gasteiger partial charge in [0.05, 0.1) is 11.2 Å². The average Bonchev–Trinajstić information content (AvgIpc) is 3.20. The molecule has 1 aliphatic carbocycles. The third-order valence-corrected chi connectivity index (χ3v) is 5.68. The van der Waals surface area contributed by atoms with E-state index in [1.165, 1.54) is 24.4 Å². The number of carbonyl (C=O) groups excluding carboxylic acids is 1. The topological polar surface area (TPSA) is 103 Å². The Hall–Kier alpha value is -3.17. The molecule has 2 atom stereocenters. The molecule has 3 heterocycles. The minimum absolute atomic E-state index is 0.134. The van der Waals surface area contributed by atoms with Crippen LogP contribution in [0.2, 0.25) is 0 Å². The van der Waals surface area contributed by atoms with Gasteiger partial charge in [0.1, 0.15) is 11.5 Å². The number of hydroxylamine groups is 1. The second kappa shape index (κ2) is 7.02. The fraction of sp³-hybridized carbons (Fsp3) is 0.300. The molecule has 29 heavy (non-hydrogen) atoms. The number of hydrogen-bond acceptors (Lipinski definition) is 7. The molecule has 2 fully saturated rings. The number of nitrogens with zero attached hydrogens (tertiary/aromatic N) is 4. The zero-order valence-electron chi connectivity index (χ0n) is 15.4. The standard InChI is InChI=1S/C20H19FN6O2/c21-12-2-4-16-11(7-12)1-3-13(24-16)8-23-18-14-9-27(10-15(14)18)20-22-6-5-17(25-20)19(28)26-29/h1-7,14-15,18,23,29H,8-10H2,(H,26,28). The lowest BCUT2D eigenvalue weighted by Crippen LogP contribution is -2.32. The predicted molar refractivity (Wildman–Crippen MR) is 103 cm³/mol. The Labute approximate surface area is 165 Å². The minimum atomic E-state index is -0.650. The van der Waals surface area contributed by atoms with Crippen LogP contribution in [0.3, 0.4) is 0 Å². The van der Waals surface area contributed by atoms with Gasteiger partial charge in [-0.25, -0.2) is 19.8 Å². The van der Waals surface area contributed by atoms with E-state index in [2.05, 4.69) is 25.2 Å². The highest BCUT2D eigenvalue weighted by Gasteiger charge is 2.56. The molecule has 3 aromatic rings. The van der Waals surface area contributed by atoms with Gasteiger partial charge in [0.2, 0.25) is 5.95 Å². The van der Waals surface area contributed by atoms with E-state index in [1.807, 2.05) is 12.1 Å². The van der Waals surface area contributed by atoms with Crippen LogP contribution in [-0.2, 0) is 6.54 Å². The molecule has 1 aliphatic heterocycles. The minimum Gasteiger partial charge on any atom is -0.340 e. The Kier molecular flexibility index (Phi) is 4.33. The predicted octanol–water partition coefficient (Wildman–Crippen LogP) is 1.51. The molecule has 2 aromatic heterocycles. The lowest BCUT2D eigenvalue weighted by atomic mass is 10.2. The SMILES string of the molecule is O=C(NO)c1ccnc(N2CC3C(C2)C3NCc2ccc3cc(F)ccc3n2)n1. The Morgan fingerprint density at radius 3 is 2.79 bits per heavy atom. The highest BCUT2D eigenvalue weighted by Crippen LogP contribution is 2.46. The maximum Gasteiger partial charge on any atom is 0.293 e. The number of hydrogen-bond donors (Lipinski definition) is 3. The summed E-state index contributed by atoms with van der Waals surface area (Å²) >= 11 is 0. The number of halogens is 1. The van der Waals surface area contributed by atoms with Crippen LogP contribution >= 0.6 is 0 Å². The van der Waals surface area contributed by atoms with Crippen molar-refractivity contribution in [3.63, 3.8) is 0 Å². The first-order chi connectivity index (χ1) is 14.1. The van der Waals surface area contributed by atoms with E-state index in [0.717, 1.165) is 29.7 Å². The zero-order chi connectivity index (χ0) is 20.0. The van der Waals surface area contributed by atoms with Crippen LogP contribution in [-0.4, -0.2) is 45.2 Å². The summed E-state index contributed by atoms with van der Waals surface area (Å²) in [5.74, 6) is 0.600. The van der Waals surface area contributed by atoms with Crippen LogP contribution in [0.5, 0.6) is 0 Å². The van der Waals surface area contributed by atoms with E-state index in [4.69, 9.17) is 5.21 Å². The molecule has 2 aliphatic rings. The van der Waals surface area contributed by atoms with Gasteiger partial charge in [0.15, 0.2) is 0 Å². The molecule has 1 amide bonds. The van der Waals surface area contributed by atoms with E-state index >= 15 is 0 Å². The maximum atomic E-state index is 13.3. The van der Waals surface area contributed by atoms with Gasteiger partial charge < -0.3 is 10.2 Å². The number of fused-ring (bicyclic) bond motifs is 2. The van der Waals surface area contributed by atoms with E-state index in [1.54, 1.807) is 11.5 Å². The number of piperidine rings is 1. The normalized spacial score (nSPS) is 22.6. The Balaban J connectivity index is 1.18. The molecule has 0 bridgehead atoms. The second-order valence-corrected chi connectivity index (χ2v) is 7.46. The third-order valence-electron chi connectivity index (χ3n) is 5.68. The summed E-state index contributed by atoms with van der Waals surface area (Å²) in [5.41, 5.74) is 3.44. The van der Waals surface area contributed by atoms with Gasteiger partial charge in [-0.15, -0.1) is 0 Å². The summed E-state index contributed by atoms with van der Waals surface area (Å²) < 4.78 is 13.3. The largest absolute Gasteiger partial charge is 0.340 e. The van der Waals surface area contributed by atoms with Crippen LogP contribution in [0.25, 0.3) is 10.9 Å². The number of rotatable bonds is 5. The van der Waals surface area contributed by atoms with Gasteiger partial charge >= 0.3 is 0 Å². The number of pyridine rings is 1. The first-order valence-corrected chi connectivity index (χ1v) is 9.43. The van der Waals surface area contributed by atoms with E-state index in [0.29, 0.717) is 30.4 Å². The molecule has 1 saturated heterocycles. The number of anilines is 1. The van der Waals surface area contributed by atoms with Crippen LogP contribution in [0.15, 0.2) is 42.6 Å². The monoisotopic (exact) mass is 394 g/mol. The fourth-order valence-electron chi connectivity index (χ4n) is 4.14. The number of benzene rings is 1. The summed E-state index contributed by atoms with van der Waals surface area (Å²) in [7, 11) is 0. The quantitative estimate of drug-likeness (QED) is 0.445. The van der Waals surface area contributed by atoms with E-state index in [9.17, 15) is 9.18 Å². The molecule has 0 radical (unpaired) electrons. The molecule has 5 rings (SSSR count). The molecule has 8 nitrogen and oxygen atoms in total. The first kappa shape index (κ1) is 17.9. The first-order valence-electron chi connectivity index (χ1n) is 9.43. The maximum absolute atomic E-state index is 13.3. The lowest BCUT2D eigenvalue weighted by molar-refractivity contribution is 0.0700. The van der Waals surface area contributed by atoms with Crippen LogP contribution in [0, 0.1) is 17.7 Å². The highest BCUT2D eigenvalue weighted by molar-refractivity contribution is 5.91. The smallest absolute Gasteiger partial charge is 0.293 e. The Bertz CT molecular complexity index is 1080. The van der Waals surface area contributed by atoms with Crippen molar-refractivity contribution in [2.45, 2.75) is 12.6 Å². The molecular weight excluding hydrogens is 375 g/mol. The van der Waals surface area contributed by atoms with Gasteiger partial charge in [0.25, 0.3) is 5.91 Å². The van der Waals surface area contributed by atoms with E-state index < -0.39 is 5.91 Å². The van der Waals surface area contributed by atoms with Crippen molar-refractivity contribution >= 4 is 22.8 Å². The molecular formula is C20H19FN6O2. The van der Waals surface area contributed by atoms with Crippen molar-refractivity contribution in [1.82, 2.24) is 25.7 Å². The highest BCUT2D eigenvalue weighted by atomic mass is 19.1. The Morgan fingerprint density at radius 2 is 2.00 bits per heavy atom. The van der Waals surface area contributed by atoms with Gasteiger partial charge in [-0.3, -0.25) is 15.0 Å². The zero-order valence-corrected chi connectivity index (χ0v) is 15.4. The van der Waals surface area contributed by atoms with Crippen LogP contribution in [0.1, 0.15) is 16.2 Å². The summed E-state index contributed by atoms with van der Waals surface area (Å²) in [6.07, 6.45) is 1.52. The molecule has 148 valence electrons. The van der Waals surface area contributed by atoms with Gasteiger partial charge in [-0.05, 0) is 42.2 Å².